The van der Waals surface area contributed by atoms with Crippen LogP contribution in [0.2, 0.25) is 0 Å². The molecule has 0 radical (unpaired) electrons. The number of nitrogens with one attached hydrogen (secondary N) is 2. The topological polar surface area (TPSA) is 57.5 Å². The predicted octanol–water partition coefficient (Wildman–Crippen LogP) is 3.36. The Hall–Kier alpha value is -1.61. The van der Waals surface area contributed by atoms with Crippen LogP contribution in [0.3, 0.4) is 0 Å². The number of para-hydroxylation sites is 1. The van der Waals surface area contributed by atoms with Crippen molar-refractivity contribution in [2.45, 2.75) is 34.2 Å². The Kier molecular flexibility index (Phi) is 9.43. The van der Waals surface area contributed by atoms with Crippen LogP contribution in [0, 0.1) is 19.3 Å². The Morgan fingerprint density at radius 3 is 2.43 bits per heavy atom. The molecule has 0 unspecified atom stereocenters. The number of hydrogen-bond donors (Lipinski definition) is 2. The summed E-state index contributed by atoms with van der Waals surface area (Å²) < 4.78 is 2.00. The zero-order valence-electron chi connectivity index (χ0n) is 18.2. The number of guanidine groups is 1. The highest BCUT2D eigenvalue weighted by molar-refractivity contribution is 14.0. The molecule has 1 heterocycles. The molecule has 0 amide bonds. The van der Waals surface area contributed by atoms with Crippen molar-refractivity contribution in [2.75, 3.05) is 34.2 Å². The summed E-state index contributed by atoms with van der Waals surface area (Å²) in [6.07, 6.45) is 0. The minimum Gasteiger partial charge on any atom is -0.356 e. The number of rotatable bonds is 7. The van der Waals surface area contributed by atoms with Crippen LogP contribution in [0.15, 0.2) is 35.3 Å². The molecule has 2 aromatic rings. The van der Waals surface area contributed by atoms with Gasteiger partial charge in [-0.2, -0.15) is 5.10 Å². The van der Waals surface area contributed by atoms with Crippen molar-refractivity contribution in [2.24, 2.45) is 10.4 Å². The molecule has 0 saturated heterocycles. The fourth-order valence-corrected chi connectivity index (χ4v) is 3.37. The van der Waals surface area contributed by atoms with E-state index < -0.39 is 0 Å². The van der Waals surface area contributed by atoms with Crippen molar-refractivity contribution in [3.8, 4) is 5.69 Å². The normalized spacial score (nSPS) is 12.1. The maximum absolute atomic E-state index is 4.62. The number of aryl methyl sites for hydroxylation is 2. The second-order valence-corrected chi connectivity index (χ2v) is 8.15. The molecule has 0 atom stereocenters. The third-order valence-corrected chi connectivity index (χ3v) is 4.38. The first kappa shape index (κ1) is 24.4. The molecule has 1 aromatic carbocycles. The summed E-state index contributed by atoms with van der Waals surface area (Å²) in [5, 5.41) is 11.5. The molecule has 28 heavy (non-hydrogen) atoms. The van der Waals surface area contributed by atoms with Gasteiger partial charge in [0.15, 0.2) is 5.96 Å². The molecule has 1 aromatic heterocycles. The van der Waals surface area contributed by atoms with E-state index in [0.29, 0.717) is 6.54 Å². The van der Waals surface area contributed by atoms with Gasteiger partial charge < -0.3 is 15.5 Å². The maximum Gasteiger partial charge on any atom is 0.191 e. The van der Waals surface area contributed by atoms with Gasteiger partial charge in [-0.15, -0.1) is 24.0 Å². The van der Waals surface area contributed by atoms with Crippen molar-refractivity contribution in [1.82, 2.24) is 25.3 Å². The molecule has 0 aliphatic rings. The first-order valence-electron chi connectivity index (χ1n) is 9.42. The third kappa shape index (κ3) is 7.09. The van der Waals surface area contributed by atoms with Gasteiger partial charge in [-0.05, 0) is 51.1 Å². The maximum atomic E-state index is 4.62. The lowest BCUT2D eigenvalue weighted by Crippen LogP contribution is -2.44. The molecule has 0 fully saturated rings. The number of aliphatic imine (C=N–C) groups is 1. The second kappa shape index (κ2) is 10.8. The Morgan fingerprint density at radius 1 is 1.18 bits per heavy atom. The highest BCUT2D eigenvalue weighted by atomic mass is 127. The summed E-state index contributed by atoms with van der Waals surface area (Å²) in [6.45, 7) is 11.2. The van der Waals surface area contributed by atoms with Crippen LogP contribution in [0.5, 0.6) is 0 Å². The number of nitrogens with zero attached hydrogens (tertiary/aromatic N) is 4. The quantitative estimate of drug-likeness (QED) is 0.349. The lowest BCUT2D eigenvalue weighted by Gasteiger charge is -2.29. The van der Waals surface area contributed by atoms with Gasteiger partial charge in [0.25, 0.3) is 0 Å². The van der Waals surface area contributed by atoms with Gasteiger partial charge in [-0.1, -0.05) is 32.0 Å². The second-order valence-electron chi connectivity index (χ2n) is 8.15. The van der Waals surface area contributed by atoms with Crippen molar-refractivity contribution >= 4 is 29.9 Å². The summed E-state index contributed by atoms with van der Waals surface area (Å²) in [7, 11) is 6.01. The van der Waals surface area contributed by atoms with Crippen LogP contribution < -0.4 is 10.6 Å². The van der Waals surface area contributed by atoms with Crippen LogP contribution >= 0.6 is 24.0 Å². The predicted molar refractivity (Wildman–Crippen MR) is 129 cm³/mol. The Balaban J connectivity index is 0.00000392. The van der Waals surface area contributed by atoms with Crippen molar-refractivity contribution in [3.05, 3.63) is 47.3 Å². The molecule has 0 aliphatic heterocycles. The Labute approximate surface area is 186 Å². The fourth-order valence-electron chi connectivity index (χ4n) is 3.37. The van der Waals surface area contributed by atoms with Gasteiger partial charge in [-0.25, -0.2) is 4.68 Å². The minimum absolute atomic E-state index is 0. The summed E-state index contributed by atoms with van der Waals surface area (Å²) >= 11 is 0. The molecule has 0 spiro atoms. The smallest absolute Gasteiger partial charge is 0.191 e. The summed E-state index contributed by atoms with van der Waals surface area (Å²) in [4.78, 5) is 6.58. The molecule has 2 N–H and O–H groups in total. The molecular weight excluding hydrogens is 463 g/mol. The van der Waals surface area contributed by atoms with Gasteiger partial charge in [0, 0.05) is 32.4 Å². The van der Waals surface area contributed by atoms with Crippen LogP contribution in [0.25, 0.3) is 5.69 Å². The van der Waals surface area contributed by atoms with E-state index in [9.17, 15) is 0 Å². The zero-order valence-corrected chi connectivity index (χ0v) is 20.5. The molecule has 6 nitrogen and oxygen atoms in total. The van der Waals surface area contributed by atoms with Crippen molar-refractivity contribution in [1.29, 1.82) is 0 Å². The minimum atomic E-state index is 0. The zero-order chi connectivity index (χ0) is 20.0. The largest absolute Gasteiger partial charge is 0.356 e. The monoisotopic (exact) mass is 498 g/mol. The molecule has 7 heteroatoms. The molecule has 2 rings (SSSR count). The van der Waals surface area contributed by atoms with E-state index in [1.54, 1.807) is 7.05 Å². The number of benzene rings is 1. The number of aromatic nitrogens is 2. The molecule has 0 saturated carbocycles. The third-order valence-electron chi connectivity index (χ3n) is 4.38. The molecule has 0 bridgehead atoms. The van der Waals surface area contributed by atoms with Crippen molar-refractivity contribution in [3.63, 3.8) is 0 Å². The summed E-state index contributed by atoms with van der Waals surface area (Å²) in [5.74, 6) is 0.810. The van der Waals surface area contributed by atoms with E-state index in [1.807, 2.05) is 17.7 Å². The van der Waals surface area contributed by atoms with Crippen LogP contribution in [-0.2, 0) is 6.54 Å². The van der Waals surface area contributed by atoms with Gasteiger partial charge >= 0.3 is 0 Å². The van der Waals surface area contributed by atoms with E-state index >= 15 is 0 Å². The lowest BCUT2D eigenvalue weighted by molar-refractivity contribution is 0.241. The highest BCUT2D eigenvalue weighted by Gasteiger charge is 2.19. The van der Waals surface area contributed by atoms with Gasteiger partial charge in [-0.3, -0.25) is 4.99 Å². The van der Waals surface area contributed by atoms with Crippen LogP contribution in [0.1, 0.15) is 30.8 Å². The summed E-state index contributed by atoms with van der Waals surface area (Å²) in [6, 6.07) is 10.4. The van der Waals surface area contributed by atoms with Gasteiger partial charge in [0.2, 0.25) is 0 Å². The highest BCUT2D eigenvalue weighted by Crippen LogP contribution is 2.17. The van der Waals surface area contributed by atoms with E-state index in [-0.39, 0.29) is 29.4 Å². The van der Waals surface area contributed by atoms with Crippen molar-refractivity contribution < 1.29 is 0 Å². The molecular formula is C21H35IN6. The molecule has 156 valence electrons. The van der Waals surface area contributed by atoms with Gasteiger partial charge in [0.05, 0.1) is 11.4 Å². The SMILES string of the molecule is CN=C(NCc1ccccc1-n1nc(C)cc1C)NCC(C)(C)CN(C)C.I. The fraction of sp³-hybridized carbons (Fsp3) is 0.524. The molecule has 0 aliphatic carbocycles. The number of halogens is 1. The van der Waals surface area contributed by atoms with Gasteiger partial charge in [0.1, 0.15) is 0 Å². The van der Waals surface area contributed by atoms with Crippen LogP contribution in [0.4, 0.5) is 0 Å². The lowest BCUT2D eigenvalue weighted by atomic mass is 9.93. The first-order valence-corrected chi connectivity index (χ1v) is 9.42. The van der Waals surface area contributed by atoms with E-state index in [1.165, 1.54) is 5.56 Å². The average molecular weight is 498 g/mol. The van der Waals surface area contributed by atoms with E-state index in [0.717, 1.165) is 36.1 Å². The first-order chi connectivity index (χ1) is 12.7. The summed E-state index contributed by atoms with van der Waals surface area (Å²) in [5.41, 5.74) is 4.59. The van der Waals surface area contributed by atoms with E-state index in [4.69, 9.17) is 0 Å². The van der Waals surface area contributed by atoms with Crippen LogP contribution in [-0.4, -0.2) is 54.9 Å². The Morgan fingerprint density at radius 2 is 1.86 bits per heavy atom. The standard InChI is InChI=1S/C21H34N6.HI/c1-16-12-17(2)27(25-16)19-11-9-8-10-18(19)13-23-20(22-5)24-14-21(3,4)15-26(6)7;/h8-12H,13-15H2,1-7H3,(H2,22,23,24);1H. The number of hydrogen-bond acceptors (Lipinski definition) is 3. The van der Waals surface area contributed by atoms with E-state index in [2.05, 4.69) is 84.8 Å². The Bertz CT molecular complexity index is 779. The average Bonchev–Trinajstić information content (AvgIpc) is 2.92.